The van der Waals surface area contributed by atoms with Crippen molar-refractivity contribution < 1.29 is 14.3 Å². The summed E-state index contributed by atoms with van der Waals surface area (Å²) in [6.45, 7) is 11.7. The van der Waals surface area contributed by atoms with Crippen molar-refractivity contribution in [2.24, 2.45) is 10.9 Å². The highest BCUT2D eigenvalue weighted by atomic mass is 16.6. The molecule has 1 rings (SSSR count). The average molecular weight is 342 g/mol. The highest BCUT2D eigenvalue weighted by Crippen LogP contribution is 2.28. The number of rotatable bonds is 9. The second-order valence-corrected chi connectivity index (χ2v) is 7.10. The zero-order chi connectivity index (χ0) is 18.0. The molecule has 1 aliphatic rings. The zero-order valence-electron chi connectivity index (χ0n) is 15.9. The lowest BCUT2D eigenvalue weighted by molar-refractivity contribution is 0.0529. The van der Waals surface area contributed by atoms with Gasteiger partial charge in [0.1, 0.15) is 5.60 Å². The number of guanidine groups is 1. The molecule has 0 heterocycles. The Hall–Kier alpha value is -1.50. The Morgan fingerprint density at radius 1 is 1.29 bits per heavy atom. The van der Waals surface area contributed by atoms with Gasteiger partial charge in [0, 0.05) is 33.3 Å². The summed E-state index contributed by atoms with van der Waals surface area (Å²) >= 11 is 0. The van der Waals surface area contributed by atoms with Crippen LogP contribution in [0.25, 0.3) is 0 Å². The Balaban J connectivity index is 2.25. The van der Waals surface area contributed by atoms with Crippen LogP contribution in [-0.4, -0.2) is 69.0 Å². The van der Waals surface area contributed by atoms with E-state index < -0.39 is 11.7 Å². The number of nitrogens with one attached hydrogen (secondary N) is 2. The first-order chi connectivity index (χ1) is 11.3. The van der Waals surface area contributed by atoms with Gasteiger partial charge in [-0.2, -0.15) is 0 Å². The predicted octanol–water partition coefficient (Wildman–Crippen LogP) is 1.83. The number of carbonyl (C=O) groups excluding carboxylic acids is 1. The molecular formula is C17H34N4O3. The van der Waals surface area contributed by atoms with E-state index >= 15 is 0 Å². The summed E-state index contributed by atoms with van der Waals surface area (Å²) in [4.78, 5) is 18.1. The quantitative estimate of drug-likeness (QED) is 0.380. The SMILES string of the molecule is CCNC(=NCCNC(=O)OC(C)(C)C)N(C)CCOCC1CC1. The van der Waals surface area contributed by atoms with Crippen molar-refractivity contribution in [3.8, 4) is 0 Å². The van der Waals surface area contributed by atoms with Gasteiger partial charge in [-0.15, -0.1) is 0 Å². The molecule has 7 nitrogen and oxygen atoms in total. The minimum absolute atomic E-state index is 0.412. The smallest absolute Gasteiger partial charge is 0.407 e. The van der Waals surface area contributed by atoms with Crippen molar-refractivity contribution in [1.82, 2.24) is 15.5 Å². The molecule has 1 fully saturated rings. The van der Waals surface area contributed by atoms with Crippen molar-refractivity contribution in [2.75, 3.05) is 46.4 Å². The van der Waals surface area contributed by atoms with Crippen LogP contribution in [0.4, 0.5) is 4.79 Å². The molecule has 0 aromatic carbocycles. The Kier molecular flexibility index (Phi) is 8.89. The molecule has 7 heteroatoms. The second-order valence-electron chi connectivity index (χ2n) is 7.10. The molecule has 140 valence electrons. The lowest BCUT2D eigenvalue weighted by Crippen LogP contribution is -2.41. The second kappa shape index (κ2) is 10.4. The number of carbonyl (C=O) groups is 1. The summed E-state index contributed by atoms with van der Waals surface area (Å²) in [7, 11) is 1.99. The van der Waals surface area contributed by atoms with Crippen molar-refractivity contribution >= 4 is 12.1 Å². The van der Waals surface area contributed by atoms with Crippen LogP contribution < -0.4 is 10.6 Å². The van der Waals surface area contributed by atoms with Crippen LogP contribution in [0.15, 0.2) is 4.99 Å². The highest BCUT2D eigenvalue weighted by Gasteiger charge is 2.21. The lowest BCUT2D eigenvalue weighted by Gasteiger charge is -2.22. The molecule has 0 radical (unpaired) electrons. The van der Waals surface area contributed by atoms with Gasteiger partial charge in [-0.05, 0) is 46.5 Å². The van der Waals surface area contributed by atoms with Crippen LogP contribution in [0, 0.1) is 5.92 Å². The lowest BCUT2D eigenvalue weighted by atomic mass is 10.2. The molecule has 0 aliphatic heterocycles. The topological polar surface area (TPSA) is 75.2 Å². The molecule has 0 aromatic heterocycles. The Morgan fingerprint density at radius 2 is 2.00 bits per heavy atom. The van der Waals surface area contributed by atoms with E-state index in [1.807, 2.05) is 39.6 Å². The fraction of sp³-hybridized carbons (Fsp3) is 0.882. The molecule has 2 N–H and O–H groups in total. The Bertz CT molecular complexity index is 403. The number of ether oxygens (including phenoxy) is 2. The molecule has 1 saturated carbocycles. The summed E-state index contributed by atoms with van der Waals surface area (Å²) in [6.07, 6.45) is 2.21. The Labute approximate surface area is 146 Å². The third-order valence-corrected chi connectivity index (χ3v) is 3.36. The van der Waals surface area contributed by atoms with Gasteiger partial charge in [-0.25, -0.2) is 4.79 Å². The molecule has 0 spiro atoms. The molecule has 0 aromatic rings. The summed E-state index contributed by atoms with van der Waals surface area (Å²) in [5.41, 5.74) is -0.483. The van der Waals surface area contributed by atoms with Crippen LogP contribution in [-0.2, 0) is 9.47 Å². The van der Waals surface area contributed by atoms with Crippen LogP contribution >= 0.6 is 0 Å². The van der Waals surface area contributed by atoms with Gasteiger partial charge < -0.3 is 25.0 Å². The van der Waals surface area contributed by atoms with Crippen LogP contribution in [0.1, 0.15) is 40.5 Å². The van der Waals surface area contributed by atoms with Gasteiger partial charge >= 0.3 is 6.09 Å². The Morgan fingerprint density at radius 3 is 2.58 bits per heavy atom. The van der Waals surface area contributed by atoms with E-state index in [9.17, 15) is 4.79 Å². The maximum absolute atomic E-state index is 11.6. The van der Waals surface area contributed by atoms with Gasteiger partial charge in [-0.3, -0.25) is 4.99 Å². The first-order valence-corrected chi connectivity index (χ1v) is 8.86. The van der Waals surface area contributed by atoms with Crippen molar-refractivity contribution in [3.63, 3.8) is 0 Å². The number of amides is 1. The van der Waals surface area contributed by atoms with Crippen molar-refractivity contribution in [3.05, 3.63) is 0 Å². The predicted molar refractivity (Wildman–Crippen MR) is 96.4 cm³/mol. The summed E-state index contributed by atoms with van der Waals surface area (Å²) in [5.74, 6) is 1.61. The van der Waals surface area contributed by atoms with E-state index in [0.717, 1.165) is 31.6 Å². The van der Waals surface area contributed by atoms with Crippen molar-refractivity contribution in [1.29, 1.82) is 0 Å². The van der Waals surface area contributed by atoms with Gasteiger partial charge in [0.25, 0.3) is 0 Å². The normalized spacial score (nSPS) is 15.1. The maximum atomic E-state index is 11.6. The monoisotopic (exact) mass is 342 g/mol. The largest absolute Gasteiger partial charge is 0.444 e. The first kappa shape index (κ1) is 20.5. The van der Waals surface area contributed by atoms with E-state index in [4.69, 9.17) is 9.47 Å². The summed E-state index contributed by atoms with van der Waals surface area (Å²) < 4.78 is 10.9. The van der Waals surface area contributed by atoms with Gasteiger partial charge in [-0.1, -0.05) is 0 Å². The molecule has 0 atom stereocenters. The number of hydrogen-bond acceptors (Lipinski definition) is 4. The average Bonchev–Trinajstić information content (AvgIpc) is 3.29. The van der Waals surface area contributed by atoms with E-state index in [0.29, 0.717) is 19.7 Å². The fourth-order valence-electron chi connectivity index (χ4n) is 1.95. The van der Waals surface area contributed by atoms with E-state index in [2.05, 4.69) is 15.6 Å². The van der Waals surface area contributed by atoms with E-state index in [1.54, 1.807) is 0 Å². The molecule has 24 heavy (non-hydrogen) atoms. The van der Waals surface area contributed by atoms with E-state index in [1.165, 1.54) is 12.8 Å². The summed E-state index contributed by atoms with van der Waals surface area (Å²) in [5, 5.41) is 5.96. The summed E-state index contributed by atoms with van der Waals surface area (Å²) in [6, 6.07) is 0. The molecule has 1 aliphatic carbocycles. The highest BCUT2D eigenvalue weighted by molar-refractivity contribution is 5.79. The zero-order valence-corrected chi connectivity index (χ0v) is 15.9. The number of hydrogen-bond donors (Lipinski definition) is 2. The first-order valence-electron chi connectivity index (χ1n) is 8.86. The third-order valence-electron chi connectivity index (χ3n) is 3.36. The minimum Gasteiger partial charge on any atom is -0.444 e. The van der Waals surface area contributed by atoms with Crippen LogP contribution in [0.5, 0.6) is 0 Å². The molecule has 0 saturated heterocycles. The van der Waals surface area contributed by atoms with Crippen molar-refractivity contribution in [2.45, 2.75) is 46.1 Å². The number of aliphatic imine (C=N–C) groups is 1. The number of nitrogens with zero attached hydrogens (tertiary/aromatic N) is 2. The van der Waals surface area contributed by atoms with Crippen LogP contribution in [0.3, 0.4) is 0 Å². The standard InChI is InChI=1S/C17H34N4O3/c1-6-18-15(21(5)11-12-23-13-14-7-8-14)19-9-10-20-16(22)24-17(2,3)4/h14H,6-13H2,1-5H3,(H,18,19)(H,20,22). The van der Waals surface area contributed by atoms with E-state index in [-0.39, 0.29) is 0 Å². The van der Waals surface area contributed by atoms with Crippen LogP contribution in [0.2, 0.25) is 0 Å². The third kappa shape index (κ3) is 10.3. The number of alkyl carbamates (subject to hydrolysis) is 1. The van der Waals surface area contributed by atoms with Gasteiger partial charge in [0.05, 0.1) is 13.2 Å². The maximum Gasteiger partial charge on any atom is 0.407 e. The fourth-order valence-corrected chi connectivity index (χ4v) is 1.95. The molecule has 0 bridgehead atoms. The molecule has 0 unspecified atom stereocenters. The van der Waals surface area contributed by atoms with Gasteiger partial charge in [0.2, 0.25) is 0 Å². The number of likely N-dealkylation sites (N-methyl/N-ethyl adjacent to an activating group) is 1. The van der Waals surface area contributed by atoms with Gasteiger partial charge in [0.15, 0.2) is 5.96 Å². The molecular weight excluding hydrogens is 308 g/mol. The minimum atomic E-state index is -0.483. The molecule has 1 amide bonds.